The molecule has 4 aliphatic rings. The van der Waals surface area contributed by atoms with Crippen molar-refractivity contribution in [2.45, 2.75) is 52.9 Å². The van der Waals surface area contributed by atoms with Gasteiger partial charge in [0.25, 0.3) is 0 Å². The van der Waals surface area contributed by atoms with Crippen molar-refractivity contribution in [3.05, 3.63) is 0 Å². The van der Waals surface area contributed by atoms with Gasteiger partial charge in [0.15, 0.2) is 0 Å². The van der Waals surface area contributed by atoms with Crippen molar-refractivity contribution in [2.24, 2.45) is 35.0 Å². The van der Waals surface area contributed by atoms with Gasteiger partial charge in [-0.1, -0.05) is 20.8 Å². The molecule has 0 heterocycles. The van der Waals surface area contributed by atoms with Crippen LogP contribution >= 0.6 is 0 Å². The van der Waals surface area contributed by atoms with Gasteiger partial charge in [0.2, 0.25) is 0 Å². The summed E-state index contributed by atoms with van der Waals surface area (Å²) < 4.78 is 9.00. The summed E-state index contributed by atoms with van der Waals surface area (Å²) in [6, 6.07) is 0. The van der Waals surface area contributed by atoms with Gasteiger partial charge < -0.3 is 0 Å². The van der Waals surface area contributed by atoms with Gasteiger partial charge in [0.05, 0.1) is 0 Å². The second kappa shape index (κ2) is 2.77. The van der Waals surface area contributed by atoms with Crippen LogP contribution in [0.25, 0.3) is 0 Å². The van der Waals surface area contributed by atoms with E-state index in [1.165, 1.54) is 32.1 Å². The topological polar surface area (TPSA) is 0 Å². The number of hydrogen-bond donors (Lipinski definition) is 0. The Balaban J connectivity index is 1.98. The Bertz CT molecular complexity index is 246. The average Bonchev–Trinajstić information content (AvgIpc) is 2.10. The van der Waals surface area contributed by atoms with Crippen molar-refractivity contribution in [1.82, 2.24) is 0 Å². The molecule has 0 atom stereocenters. The SMILES string of the molecule is [2H]C1(C(C)(C)C)C2CC3CC(C2)CC1C3. The highest BCUT2D eigenvalue weighted by Gasteiger charge is 2.51. The Morgan fingerprint density at radius 1 is 0.857 bits per heavy atom. The highest BCUT2D eigenvalue weighted by atomic mass is 14.6. The minimum atomic E-state index is -0.111. The molecule has 0 aromatic rings. The third-order valence-corrected chi connectivity index (χ3v) is 4.88. The van der Waals surface area contributed by atoms with Crippen molar-refractivity contribution < 1.29 is 1.37 Å². The van der Waals surface area contributed by atoms with Gasteiger partial charge in [-0.3, -0.25) is 0 Å². The van der Waals surface area contributed by atoms with Crippen LogP contribution in [0.3, 0.4) is 0 Å². The van der Waals surface area contributed by atoms with Crippen molar-refractivity contribution in [2.75, 3.05) is 0 Å². The molecular weight excluding hydrogens is 168 g/mol. The van der Waals surface area contributed by atoms with Crippen LogP contribution in [0.4, 0.5) is 0 Å². The molecule has 4 aliphatic carbocycles. The molecule has 4 rings (SSSR count). The van der Waals surface area contributed by atoms with Crippen molar-refractivity contribution in [1.29, 1.82) is 0 Å². The molecule has 0 unspecified atom stereocenters. The van der Waals surface area contributed by atoms with E-state index in [4.69, 9.17) is 1.37 Å². The largest absolute Gasteiger partial charge is 0.0599 e. The molecule has 80 valence electrons. The average molecular weight is 193 g/mol. The Morgan fingerprint density at radius 3 is 1.64 bits per heavy atom. The highest BCUT2D eigenvalue weighted by Crippen LogP contribution is 2.60. The molecule has 0 heteroatoms. The molecule has 0 amide bonds. The molecule has 0 saturated heterocycles. The third-order valence-electron chi connectivity index (χ3n) is 4.88. The van der Waals surface area contributed by atoms with E-state index in [9.17, 15) is 0 Å². The summed E-state index contributed by atoms with van der Waals surface area (Å²) in [5.74, 6) is 3.31. The first-order valence-electron chi connectivity index (χ1n) is 6.91. The Hall–Kier alpha value is 0. The van der Waals surface area contributed by atoms with Gasteiger partial charge in [-0.15, -0.1) is 0 Å². The van der Waals surface area contributed by atoms with Gasteiger partial charge in [0.1, 0.15) is 0 Å². The second-order valence-electron chi connectivity index (χ2n) is 7.01. The summed E-state index contributed by atoms with van der Waals surface area (Å²) in [6.45, 7) is 6.88. The molecule has 4 bridgehead atoms. The summed E-state index contributed by atoms with van der Waals surface area (Å²) in [7, 11) is 0. The van der Waals surface area contributed by atoms with Crippen LogP contribution in [-0.4, -0.2) is 0 Å². The maximum absolute atomic E-state index is 9.00. The van der Waals surface area contributed by atoms with Crippen LogP contribution in [-0.2, 0) is 0 Å². The van der Waals surface area contributed by atoms with Gasteiger partial charge in [0, 0.05) is 1.37 Å². The lowest BCUT2D eigenvalue weighted by Gasteiger charge is -2.58. The van der Waals surface area contributed by atoms with Gasteiger partial charge in [-0.2, -0.15) is 0 Å². The maximum atomic E-state index is 9.00. The lowest BCUT2D eigenvalue weighted by Crippen LogP contribution is -2.49. The zero-order chi connectivity index (χ0) is 10.8. The first-order valence-corrected chi connectivity index (χ1v) is 6.41. The molecule has 0 aromatic heterocycles. The van der Waals surface area contributed by atoms with E-state index in [0.29, 0.717) is 11.8 Å². The highest BCUT2D eigenvalue weighted by molar-refractivity contribution is 5.01. The molecule has 0 N–H and O–H groups in total. The van der Waals surface area contributed by atoms with Crippen molar-refractivity contribution in [3.63, 3.8) is 0 Å². The second-order valence-corrected chi connectivity index (χ2v) is 7.01. The summed E-state index contributed by atoms with van der Waals surface area (Å²) in [6.07, 6.45) is 6.97. The van der Waals surface area contributed by atoms with Crippen molar-refractivity contribution >= 4 is 0 Å². The lowest BCUT2D eigenvalue weighted by molar-refractivity contribution is -0.0811. The van der Waals surface area contributed by atoms with E-state index in [2.05, 4.69) is 20.8 Å². The molecule has 0 aromatic carbocycles. The number of hydrogen-bond acceptors (Lipinski definition) is 0. The fourth-order valence-electron chi connectivity index (χ4n) is 4.92. The Morgan fingerprint density at radius 2 is 1.29 bits per heavy atom. The molecule has 4 saturated carbocycles. The first kappa shape index (κ1) is 8.19. The predicted octanol–water partition coefficient (Wildman–Crippen LogP) is 4.10. The van der Waals surface area contributed by atoms with E-state index < -0.39 is 0 Å². The normalized spacial score (nSPS) is 57.5. The van der Waals surface area contributed by atoms with Crippen LogP contribution < -0.4 is 0 Å². The summed E-state index contributed by atoms with van der Waals surface area (Å²) in [5, 5.41) is 0. The zero-order valence-corrected chi connectivity index (χ0v) is 9.84. The zero-order valence-electron chi connectivity index (χ0n) is 10.8. The minimum Gasteiger partial charge on any atom is -0.0599 e. The molecule has 0 radical (unpaired) electrons. The van der Waals surface area contributed by atoms with Gasteiger partial charge >= 0.3 is 0 Å². The molecule has 14 heavy (non-hydrogen) atoms. The monoisotopic (exact) mass is 193 g/mol. The van der Waals surface area contributed by atoms with Crippen LogP contribution in [0.5, 0.6) is 0 Å². The maximum Gasteiger partial charge on any atom is 0.0314 e. The van der Waals surface area contributed by atoms with Crippen LogP contribution in [0.2, 0.25) is 0 Å². The van der Waals surface area contributed by atoms with E-state index >= 15 is 0 Å². The lowest BCUT2D eigenvalue weighted by atomic mass is 9.47. The molecule has 0 aliphatic heterocycles. The smallest absolute Gasteiger partial charge is 0.0314 e. The molecule has 0 spiro atoms. The van der Waals surface area contributed by atoms with Crippen molar-refractivity contribution in [3.8, 4) is 0 Å². The summed E-state index contributed by atoms with van der Waals surface area (Å²) >= 11 is 0. The fraction of sp³-hybridized carbons (Fsp3) is 1.00. The number of rotatable bonds is 0. The van der Waals surface area contributed by atoms with Crippen LogP contribution in [0.15, 0.2) is 0 Å². The fourth-order valence-corrected chi connectivity index (χ4v) is 4.92. The van der Waals surface area contributed by atoms with Crippen LogP contribution in [0, 0.1) is 35.0 Å². The standard InChI is InChI=1S/C14H24/c1-14(2,3)13-11-5-9-4-10(7-11)8-12(13)6-9/h9-13H,4-8H2,1-3H3/i13D. The molecule has 4 fully saturated rings. The van der Waals surface area contributed by atoms with E-state index in [-0.39, 0.29) is 11.3 Å². The van der Waals surface area contributed by atoms with Gasteiger partial charge in [-0.05, 0) is 67.1 Å². The predicted molar refractivity (Wildman–Crippen MR) is 60.0 cm³/mol. The summed E-state index contributed by atoms with van der Waals surface area (Å²) in [5.41, 5.74) is 0.176. The van der Waals surface area contributed by atoms with Gasteiger partial charge in [-0.25, -0.2) is 0 Å². The Labute approximate surface area is 89.9 Å². The quantitative estimate of drug-likeness (QED) is 0.543. The molecule has 0 nitrogen and oxygen atoms in total. The molecular formula is C14H24. The summed E-state index contributed by atoms with van der Waals surface area (Å²) in [4.78, 5) is 0. The first-order chi connectivity index (χ1) is 6.91. The van der Waals surface area contributed by atoms with E-state index in [1.807, 2.05) is 0 Å². The van der Waals surface area contributed by atoms with E-state index in [1.54, 1.807) is 0 Å². The Kier molecular flexibility index (Phi) is 1.62. The van der Waals surface area contributed by atoms with E-state index in [0.717, 1.165) is 11.8 Å². The van der Waals surface area contributed by atoms with Crippen LogP contribution in [0.1, 0.15) is 54.2 Å². The third kappa shape index (κ3) is 1.26. The minimum absolute atomic E-state index is 0.111.